The summed E-state index contributed by atoms with van der Waals surface area (Å²) in [6.45, 7) is 8.63. The number of nitrogens with zero attached hydrogens (tertiary/aromatic N) is 1. The Kier molecular flexibility index (Phi) is 2.87. The number of hydrogen-bond acceptors (Lipinski definition) is 3. The first-order valence-electron chi connectivity index (χ1n) is 5.91. The molecule has 0 radical (unpaired) electrons. The summed E-state index contributed by atoms with van der Waals surface area (Å²) in [6.07, 6.45) is 2.06. The van der Waals surface area contributed by atoms with Gasteiger partial charge in [-0.15, -0.1) is 0 Å². The van der Waals surface area contributed by atoms with E-state index >= 15 is 0 Å². The quantitative estimate of drug-likeness (QED) is 0.849. The molecule has 1 heterocycles. The maximum Gasteiger partial charge on any atom is 0.120 e. The standard InChI is InChI=1S/C14H19NO2/c1-5-17-11-6-7-13-12(8-11)10(2)9-14(3,4)15(13)16/h6-9,16H,5H2,1-4H3. The molecule has 0 unspecified atom stereocenters. The van der Waals surface area contributed by atoms with E-state index in [4.69, 9.17) is 4.74 Å². The third-order valence-corrected chi connectivity index (χ3v) is 3.05. The predicted octanol–water partition coefficient (Wildman–Crippen LogP) is 3.48. The Morgan fingerprint density at radius 2 is 2.06 bits per heavy atom. The molecular formula is C14H19NO2. The van der Waals surface area contributed by atoms with Crippen molar-refractivity contribution in [2.24, 2.45) is 0 Å². The molecule has 0 saturated carbocycles. The fraction of sp³-hybridized carbons (Fsp3) is 0.429. The lowest BCUT2D eigenvalue weighted by molar-refractivity contribution is 0.194. The second-order valence-electron chi connectivity index (χ2n) is 4.90. The molecule has 1 N–H and O–H groups in total. The summed E-state index contributed by atoms with van der Waals surface area (Å²) in [5.41, 5.74) is 2.65. The number of allylic oxidation sites excluding steroid dienone is 1. The van der Waals surface area contributed by atoms with Gasteiger partial charge in [0.25, 0.3) is 0 Å². The van der Waals surface area contributed by atoms with E-state index in [-0.39, 0.29) is 5.54 Å². The van der Waals surface area contributed by atoms with Crippen molar-refractivity contribution in [2.45, 2.75) is 33.2 Å². The molecule has 0 aliphatic carbocycles. The van der Waals surface area contributed by atoms with Gasteiger partial charge in [0.1, 0.15) is 5.75 Å². The Bertz CT molecular complexity index is 463. The molecule has 0 atom stereocenters. The Balaban J connectivity index is 2.50. The van der Waals surface area contributed by atoms with Crippen LogP contribution in [-0.2, 0) is 0 Å². The summed E-state index contributed by atoms with van der Waals surface area (Å²) in [7, 11) is 0. The first-order valence-corrected chi connectivity index (χ1v) is 5.91. The van der Waals surface area contributed by atoms with Crippen molar-refractivity contribution >= 4 is 11.3 Å². The molecule has 92 valence electrons. The van der Waals surface area contributed by atoms with Crippen molar-refractivity contribution in [3.63, 3.8) is 0 Å². The van der Waals surface area contributed by atoms with Gasteiger partial charge in [-0.05, 0) is 51.5 Å². The molecule has 0 aromatic heterocycles. The second-order valence-corrected chi connectivity index (χ2v) is 4.90. The minimum absolute atomic E-state index is 0.371. The highest BCUT2D eigenvalue weighted by molar-refractivity contribution is 5.81. The van der Waals surface area contributed by atoms with Gasteiger partial charge in [0, 0.05) is 5.56 Å². The number of hydroxylamine groups is 1. The molecule has 1 aromatic carbocycles. The van der Waals surface area contributed by atoms with E-state index in [0.29, 0.717) is 6.61 Å². The molecule has 0 spiro atoms. The van der Waals surface area contributed by atoms with E-state index in [2.05, 4.69) is 13.0 Å². The van der Waals surface area contributed by atoms with E-state index in [0.717, 1.165) is 22.6 Å². The number of benzene rings is 1. The maximum absolute atomic E-state index is 10.2. The van der Waals surface area contributed by atoms with Crippen LogP contribution in [0.4, 0.5) is 5.69 Å². The summed E-state index contributed by atoms with van der Waals surface area (Å²) < 4.78 is 5.48. The summed E-state index contributed by atoms with van der Waals surface area (Å²) in [4.78, 5) is 0. The van der Waals surface area contributed by atoms with Gasteiger partial charge in [0.15, 0.2) is 0 Å². The van der Waals surface area contributed by atoms with E-state index < -0.39 is 0 Å². The molecule has 3 heteroatoms. The second kappa shape index (κ2) is 4.08. The van der Waals surface area contributed by atoms with Crippen molar-refractivity contribution in [1.82, 2.24) is 0 Å². The fourth-order valence-electron chi connectivity index (χ4n) is 2.25. The third kappa shape index (κ3) is 2.03. The molecular weight excluding hydrogens is 214 g/mol. The lowest BCUT2D eigenvalue weighted by Crippen LogP contribution is -2.42. The highest BCUT2D eigenvalue weighted by atomic mass is 16.5. The van der Waals surface area contributed by atoms with Crippen LogP contribution in [-0.4, -0.2) is 17.4 Å². The molecule has 1 aliphatic rings. The Labute approximate surface area is 102 Å². The highest BCUT2D eigenvalue weighted by Gasteiger charge is 2.30. The highest BCUT2D eigenvalue weighted by Crippen LogP contribution is 2.39. The maximum atomic E-state index is 10.2. The Morgan fingerprint density at radius 1 is 1.35 bits per heavy atom. The molecule has 0 fully saturated rings. The zero-order valence-electron chi connectivity index (χ0n) is 10.8. The summed E-state index contributed by atoms with van der Waals surface area (Å²) in [6, 6.07) is 5.77. The molecule has 3 nitrogen and oxygen atoms in total. The van der Waals surface area contributed by atoms with Gasteiger partial charge >= 0.3 is 0 Å². The zero-order chi connectivity index (χ0) is 12.6. The van der Waals surface area contributed by atoms with Gasteiger partial charge in [0.2, 0.25) is 0 Å². The fourth-order valence-corrected chi connectivity index (χ4v) is 2.25. The third-order valence-electron chi connectivity index (χ3n) is 3.05. The molecule has 0 amide bonds. The van der Waals surface area contributed by atoms with Gasteiger partial charge in [0.05, 0.1) is 17.8 Å². The molecule has 2 rings (SSSR count). The Hall–Kier alpha value is -1.48. The Morgan fingerprint density at radius 3 is 2.71 bits per heavy atom. The average Bonchev–Trinajstić information content (AvgIpc) is 2.26. The van der Waals surface area contributed by atoms with Gasteiger partial charge in [-0.1, -0.05) is 6.08 Å². The van der Waals surface area contributed by atoms with Crippen LogP contribution in [0.2, 0.25) is 0 Å². The van der Waals surface area contributed by atoms with Crippen LogP contribution in [0.3, 0.4) is 0 Å². The largest absolute Gasteiger partial charge is 0.494 e. The first kappa shape index (κ1) is 12.0. The van der Waals surface area contributed by atoms with Crippen molar-refractivity contribution in [3.05, 3.63) is 29.8 Å². The SMILES string of the molecule is CCOc1ccc2c(c1)C(C)=CC(C)(C)N2O. The molecule has 1 aliphatic heterocycles. The lowest BCUT2D eigenvalue weighted by Gasteiger charge is -2.38. The molecule has 17 heavy (non-hydrogen) atoms. The first-order chi connectivity index (χ1) is 7.95. The number of ether oxygens (including phenoxy) is 1. The molecule has 0 bridgehead atoms. The summed E-state index contributed by atoms with van der Waals surface area (Å²) >= 11 is 0. The minimum Gasteiger partial charge on any atom is -0.494 e. The zero-order valence-corrected chi connectivity index (χ0v) is 10.8. The van der Waals surface area contributed by atoms with Crippen LogP contribution in [0, 0.1) is 0 Å². The van der Waals surface area contributed by atoms with Crippen LogP contribution < -0.4 is 9.80 Å². The lowest BCUT2D eigenvalue weighted by atomic mass is 9.91. The van der Waals surface area contributed by atoms with Gasteiger partial charge < -0.3 is 4.74 Å². The van der Waals surface area contributed by atoms with E-state index in [1.165, 1.54) is 5.06 Å². The topological polar surface area (TPSA) is 32.7 Å². The van der Waals surface area contributed by atoms with Crippen molar-refractivity contribution in [1.29, 1.82) is 0 Å². The van der Waals surface area contributed by atoms with E-state index in [9.17, 15) is 5.21 Å². The van der Waals surface area contributed by atoms with Gasteiger partial charge in [-0.25, -0.2) is 5.06 Å². The van der Waals surface area contributed by atoms with Crippen molar-refractivity contribution in [3.8, 4) is 5.75 Å². The van der Waals surface area contributed by atoms with Crippen LogP contribution in [0.15, 0.2) is 24.3 Å². The van der Waals surface area contributed by atoms with Crippen molar-refractivity contribution < 1.29 is 9.94 Å². The predicted molar refractivity (Wildman–Crippen MR) is 69.6 cm³/mol. The van der Waals surface area contributed by atoms with Gasteiger partial charge in [-0.3, -0.25) is 5.21 Å². The summed E-state index contributed by atoms with van der Waals surface area (Å²) in [5.74, 6) is 0.840. The average molecular weight is 233 g/mol. The summed E-state index contributed by atoms with van der Waals surface area (Å²) in [5, 5.41) is 11.5. The smallest absolute Gasteiger partial charge is 0.120 e. The van der Waals surface area contributed by atoms with Crippen LogP contribution in [0.5, 0.6) is 5.75 Å². The van der Waals surface area contributed by atoms with Crippen LogP contribution in [0.25, 0.3) is 5.57 Å². The van der Waals surface area contributed by atoms with Gasteiger partial charge in [-0.2, -0.15) is 0 Å². The van der Waals surface area contributed by atoms with Crippen molar-refractivity contribution in [2.75, 3.05) is 11.7 Å². The van der Waals surface area contributed by atoms with Crippen LogP contribution in [0.1, 0.15) is 33.3 Å². The molecule has 0 saturated heterocycles. The van der Waals surface area contributed by atoms with Crippen LogP contribution >= 0.6 is 0 Å². The monoisotopic (exact) mass is 233 g/mol. The number of anilines is 1. The van der Waals surface area contributed by atoms with E-state index in [1.807, 2.05) is 39.0 Å². The minimum atomic E-state index is -0.371. The normalized spacial score (nSPS) is 17.5. The number of rotatable bonds is 2. The number of fused-ring (bicyclic) bond motifs is 1. The molecule has 1 aromatic rings. The van der Waals surface area contributed by atoms with E-state index in [1.54, 1.807) is 0 Å². The number of hydrogen-bond donors (Lipinski definition) is 1.